The van der Waals surface area contributed by atoms with E-state index < -0.39 is 0 Å². The van der Waals surface area contributed by atoms with Crippen LogP contribution in [0.5, 0.6) is 0 Å². The van der Waals surface area contributed by atoms with Crippen LogP contribution in [0.1, 0.15) is 50.7 Å². The maximum Gasteiger partial charge on any atom is 0.254 e. The summed E-state index contributed by atoms with van der Waals surface area (Å²) >= 11 is 0. The smallest absolute Gasteiger partial charge is 0.254 e. The van der Waals surface area contributed by atoms with Crippen molar-refractivity contribution < 1.29 is 4.79 Å². The van der Waals surface area contributed by atoms with Crippen LogP contribution < -0.4 is 5.32 Å². The van der Waals surface area contributed by atoms with E-state index in [-0.39, 0.29) is 11.9 Å². The minimum Gasteiger partial charge on any atom is -0.370 e. The van der Waals surface area contributed by atoms with Crippen LogP contribution in [0.15, 0.2) is 12.1 Å². The highest BCUT2D eigenvalue weighted by Crippen LogP contribution is 2.16. The first-order chi connectivity index (χ1) is 9.40. The first-order valence-electron chi connectivity index (χ1n) is 7.42. The van der Waals surface area contributed by atoms with Crippen molar-refractivity contribution in [1.82, 2.24) is 9.88 Å². The second-order valence-corrected chi connectivity index (χ2v) is 5.52. The van der Waals surface area contributed by atoms with Gasteiger partial charge >= 0.3 is 0 Å². The first kappa shape index (κ1) is 16.5. The van der Waals surface area contributed by atoms with Crippen LogP contribution in [0, 0.1) is 5.92 Å². The van der Waals surface area contributed by atoms with E-state index in [1.807, 2.05) is 37.9 Å². The molecule has 0 aliphatic rings. The molecule has 1 rings (SSSR count). The molecule has 1 heterocycles. The number of nitrogens with zero attached hydrogens (tertiary/aromatic N) is 2. The molecule has 0 aromatic carbocycles. The number of pyridine rings is 1. The summed E-state index contributed by atoms with van der Waals surface area (Å²) in [5.74, 6) is 1.27. The minimum atomic E-state index is 0.0578. The molecule has 0 aliphatic carbocycles. The van der Waals surface area contributed by atoms with Gasteiger partial charge in [0.25, 0.3) is 5.91 Å². The number of hydrogen-bond donors (Lipinski definition) is 1. The van der Waals surface area contributed by atoms with Gasteiger partial charge in [0, 0.05) is 30.9 Å². The summed E-state index contributed by atoms with van der Waals surface area (Å²) in [7, 11) is 1.87. The summed E-state index contributed by atoms with van der Waals surface area (Å²) in [5.41, 5.74) is 1.65. The van der Waals surface area contributed by atoms with Crippen molar-refractivity contribution in [2.75, 3.05) is 18.9 Å². The molecular formula is C16H27N3O. The molecule has 0 bridgehead atoms. The van der Waals surface area contributed by atoms with Crippen molar-refractivity contribution in [2.24, 2.45) is 5.92 Å². The zero-order valence-corrected chi connectivity index (χ0v) is 13.5. The second kappa shape index (κ2) is 7.27. The van der Waals surface area contributed by atoms with Crippen molar-refractivity contribution in [1.29, 1.82) is 0 Å². The fourth-order valence-corrected chi connectivity index (χ4v) is 2.00. The normalized spacial score (nSPS) is 12.3. The van der Waals surface area contributed by atoms with E-state index >= 15 is 0 Å². The van der Waals surface area contributed by atoms with Gasteiger partial charge in [-0.3, -0.25) is 4.79 Å². The summed E-state index contributed by atoms with van der Waals surface area (Å²) in [6, 6.07) is 3.95. The lowest BCUT2D eigenvalue weighted by atomic mass is 10.0. The summed E-state index contributed by atoms with van der Waals surface area (Å²) in [6.45, 7) is 11.2. The van der Waals surface area contributed by atoms with Gasteiger partial charge in [0.1, 0.15) is 5.82 Å². The third kappa shape index (κ3) is 3.95. The zero-order chi connectivity index (χ0) is 15.3. The number of aromatic nitrogens is 1. The third-order valence-electron chi connectivity index (χ3n) is 3.74. The van der Waals surface area contributed by atoms with Gasteiger partial charge in [-0.2, -0.15) is 0 Å². The maximum absolute atomic E-state index is 12.6. The van der Waals surface area contributed by atoms with E-state index in [4.69, 9.17) is 0 Å². The molecule has 0 saturated carbocycles. The van der Waals surface area contributed by atoms with Gasteiger partial charge in [0.05, 0.1) is 0 Å². The van der Waals surface area contributed by atoms with Crippen LogP contribution in [-0.4, -0.2) is 35.4 Å². The number of anilines is 1. The number of aryl methyl sites for hydroxylation is 1. The minimum absolute atomic E-state index is 0.0578. The SMILES string of the molecule is CCNc1cc(C(=O)N(C)C(C)C(C)C)cc(CC)n1. The molecule has 112 valence electrons. The molecule has 0 fully saturated rings. The van der Waals surface area contributed by atoms with Crippen molar-refractivity contribution in [2.45, 2.75) is 47.1 Å². The number of nitrogens with one attached hydrogen (secondary N) is 1. The van der Waals surface area contributed by atoms with Crippen LogP contribution in [0.3, 0.4) is 0 Å². The highest BCUT2D eigenvalue weighted by atomic mass is 16.2. The average molecular weight is 277 g/mol. The van der Waals surface area contributed by atoms with Crippen LogP contribution in [-0.2, 0) is 6.42 Å². The van der Waals surface area contributed by atoms with E-state index in [9.17, 15) is 4.79 Å². The molecule has 1 unspecified atom stereocenters. The van der Waals surface area contributed by atoms with Crippen LogP contribution in [0.4, 0.5) is 5.82 Å². The Labute approximate surface area is 122 Å². The van der Waals surface area contributed by atoms with E-state index in [1.165, 1.54) is 0 Å². The molecule has 20 heavy (non-hydrogen) atoms. The van der Waals surface area contributed by atoms with E-state index in [2.05, 4.69) is 31.1 Å². The zero-order valence-electron chi connectivity index (χ0n) is 13.5. The summed E-state index contributed by atoms with van der Waals surface area (Å²) in [5, 5.41) is 3.19. The Morgan fingerprint density at radius 1 is 1.30 bits per heavy atom. The highest BCUT2D eigenvalue weighted by Gasteiger charge is 2.20. The summed E-state index contributed by atoms with van der Waals surface area (Å²) in [4.78, 5) is 18.9. The van der Waals surface area contributed by atoms with Crippen molar-refractivity contribution in [3.8, 4) is 0 Å². The number of carbonyl (C=O) groups is 1. The fourth-order valence-electron chi connectivity index (χ4n) is 2.00. The van der Waals surface area contributed by atoms with Crippen molar-refractivity contribution in [3.63, 3.8) is 0 Å². The van der Waals surface area contributed by atoms with Crippen LogP contribution in [0.2, 0.25) is 0 Å². The van der Waals surface area contributed by atoms with Crippen LogP contribution in [0.25, 0.3) is 0 Å². The van der Waals surface area contributed by atoms with Gasteiger partial charge in [0.2, 0.25) is 0 Å². The molecule has 0 saturated heterocycles. The standard InChI is InChI=1S/C16H27N3O/c1-7-14-9-13(10-15(18-14)17-8-2)16(20)19(6)12(5)11(3)4/h9-12H,7-8H2,1-6H3,(H,17,18). The lowest BCUT2D eigenvalue weighted by molar-refractivity contribution is 0.0707. The number of rotatable bonds is 6. The summed E-state index contributed by atoms with van der Waals surface area (Å²) in [6.07, 6.45) is 0.822. The predicted octanol–water partition coefficient (Wildman–Crippen LogP) is 3.19. The van der Waals surface area contributed by atoms with E-state index in [0.29, 0.717) is 11.5 Å². The molecular weight excluding hydrogens is 250 g/mol. The van der Waals surface area contributed by atoms with Gasteiger partial charge in [-0.1, -0.05) is 20.8 Å². The topological polar surface area (TPSA) is 45.2 Å². The Balaban J connectivity index is 3.05. The molecule has 4 heteroatoms. The molecule has 0 radical (unpaired) electrons. The van der Waals surface area contributed by atoms with E-state index in [0.717, 1.165) is 24.5 Å². The second-order valence-electron chi connectivity index (χ2n) is 5.52. The molecule has 1 aromatic rings. The largest absolute Gasteiger partial charge is 0.370 e. The third-order valence-corrected chi connectivity index (χ3v) is 3.74. The Morgan fingerprint density at radius 3 is 2.45 bits per heavy atom. The Bertz CT molecular complexity index is 457. The number of hydrogen-bond acceptors (Lipinski definition) is 3. The quantitative estimate of drug-likeness (QED) is 0.868. The lowest BCUT2D eigenvalue weighted by Crippen LogP contribution is -2.38. The monoisotopic (exact) mass is 277 g/mol. The van der Waals surface area contributed by atoms with Gasteiger partial charge < -0.3 is 10.2 Å². The number of amides is 1. The molecule has 1 N–H and O–H groups in total. The van der Waals surface area contributed by atoms with Crippen LogP contribution >= 0.6 is 0 Å². The van der Waals surface area contributed by atoms with Crippen molar-refractivity contribution in [3.05, 3.63) is 23.4 Å². The molecule has 4 nitrogen and oxygen atoms in total. The summed E-state index contributed by atoms with van der Waals surface area (Å²) < 4.78 is 0. The number of carbonyl (C=O) groups excluding carboxylic acids is 1. The predicted molar refractivity (Wildman–Crippen MR) is 84.2 cm³/mol. The van der Waals surface area contributed by atoms with Gasteiger partial charge in [-0.25, -0.2) is 4.98 Å². The van der Waals surface area contributed by atoms with Gasteiger partial charge in [0.15, 0.2) is 0 Å². The van der Waals surface area contributed by atoms with E-state index in [1.54, 1.807) is 0 Å². The van der Waals surface area contributed by atoms with Crippen molar-refractivity contribution >= 4 is 11.7 Å². The van der Waals surface area contributed by atoms with Gasteiger partial charge in [-0.05, 0) is 38.3 Å². The Morgan fingerprint density at radius 2 is 1.95 bits per heavy atom. The lowest BCUT2D eigenvalue weighted by Gasteiger charge is -2.28. The van der Waals surface area contributed by atoms with Gasteiger partial charge in [-0.15, -0.1) is 0 Å². The first-order valence-corrected chi connectivity index (χ1v) is 7.42. The molecule has 1 aromatic heterocycles. The molecule has 1 atom stereocenters. The fraction of sp³-hybridized carbons (Fsp3) is 0.625. The molecule has 1 amide bonds. The maximum atomic E-state index is 12.6. The molecule has 0 spiro atoms. The average Bonchev–Trinajstić information content (AvgIpc) is 2.44. The molecule has 0 aliphatic heterocycles. The highest BCUT2D eigenvalue weighted by molar-refractivity contribution is 5.95. The Kier molecular flexibility index (Phi) is 5.99. The Hall–Kier alpha value is -1.58.